The van der Waals surface area contributed by atoms with Crippen LogP contribution in [0.1, 0.15) is 15.9 Å². The molecule has 1 amide bonds. The summed E-state index contributed by atoms with van der Waals surface area (Å²) in [6.07, 6.45) is 0. The Morgan fingerprint density at radius 1 is 0.889 bits per heavy atom. The summed E-state index contributed by atoms with van der Waals surface area (Å²) in [5, 5.41) is 3.20. The van der Waals surface area contributed by atoms with Crippen molar-refractivity contribution in [2.24, 2.45) is 0 Å². The Kier molecular flexibility index (Phi) is 5.48. The minimum absolute atomic E-state index is 0.0562. The number of anilines is 2. The third kappa shape index (κ3) is 4.67. The predicted molar refractivity (Wildman–Crippen MR) is 108 cm³/mol. The van der Waals surface area contributed by atoms with Crippen LogP contribution in [0.4, 0.5) is 11.4 Å². The number of halogens is 1. The quantitative estimate of drug-likeness (QED) is 0.651. The minimum Gasteiger partial charge on any atom is -0.322 e. The highest BCUT2D eigenvalue weighted by molar-refractivity contribution is 7.92. The van der Waals surface area contributed by atoms with Crippen molar-refractivity contribution in [2.45, 2.75) is 11.8 Å². The molecular formula is C20H17ClN2O3S. The molecule has 0 saturated carbocycles. The van der Waals surface area contributed by atoms with Crippen LogP contribution in [0.15, 0.2) is 77.7 Å². The van der Waals surface area contributed by atoms with Crippen LogP contribution >= 0.6 is 11.6 Å². The zero-order valence-electron chi connectivity index (χ0n) is 14.4. The number of sulfonamides is 1. The summed E-state index contributed by atoms with van der Waals surface area (Å²) < 4.78 is 27.7. The van der Waals surface area contributed by atoms with Gasteiger partial charge < -0.3 is 5.32 Å². The van der Waals surface area contributed by atoms with Gasteiger partial charge in [-0.1, -0.05) is 41.4 Å². The molecule has 0 aliphatic rings. The maximum absolute atomic E-state index is 12.6. The van der Waals surface area contributed by atoms with E-state index in [1.54, 1.807) is 30.3 Å². The smallest absolute Gasteiger partial charge is 0.261 e. The fourth-order valence-electron chi connectivity index (χ4n) is 2.42. The lowest BCUT2D eigenvalue weighted by molar-refractivity contribution is 0.102. The van der Waals surface area contributed by atoms with Crippen LogP contribution in [0, 0.1) is 6.92 Å². The van der Waals surface area contributed by atoms with Gasteiger partial charge in [0.25, 0.3) is 15.9 Å². The van der Waals surface area contributed by atoms with Crippen LogP contribution < -0.4 is 10.0 Å². The molecule has 0 radical (unpaired) electrons. The van der Waals surface area contributed by atoms with Gasteiger partial charge in [0.1, 0.15) is 0 Å². The van der Waals surface area contributed by atoms with E-state index in [2.05, 4.69) is 10.0 Å². The molecule has 2 N–H and O–H groups in total. The maximum Gasteiger partial charge on any atom is 0.261 e. The average Bonchev–Trinajstić information content (AvgIpc) is 2.64. The van der Waals surface area contributed by atoms with Crippen molar-refractivity contribution < 1.29 is 13.2 Å². The van der Waals surface area contributed by atoms with E-state index in [0.29, 0.717) is 10.7 Å². The number of rotatable bonds is 5. The average molecular weight is 401 g/mol. The molecule has 0 aromatic heterocycles. The van der Waals surface area contributed by atoms with Crippen molar-refractivity contribution in [2.75, 3.05) is 10.0 Å². The largest absolute Gasteiger partial charge is 0.322 e. The number of amides is 1. The zero-order valence-corrected chi connectivity index (χ0v) is 16.0. The summed E-state index contributed by atoms with van der Waals surface area (Å²) in [6.45, 7) is 1.95. The molecular weight excluding hydrogens is 384 g/mol. The molecule has 138 valence electrons. The number of benzene rings is 3. The van der Waals surface area contributed by atoms with E-state index in [0.717, 1.165) is 5.56 Å². The van der Waals surface area contributed by atoms with Gasteiger partial charge in [-0.05, 0) is 55.5 Å². The molecule has 0 heterocycles. The first kappa shape index (κ1) is 18.9. The minimum atomic E-state index is -3.85. The number of hydrogen-bond donors (Lipinski definition) is 2. The van der Waals surface area contributed by atoms with Gasteiger partial charge in [-0.25, -0.2) is 8.42 Å². The number of hydrogen-bond acceptors (Lipinski definition) is 3. The SMILES string of the molecule is Cc1ccc(NC(=O)c2ccccc2NS(=O)(=O)c2ccc(Cl)cc2)cc1. The highest BCUT2D eigenvalue weighted by Gasteiger charge is 2.18. The Morgan fingerprint density at radius 3 is 2.19 bits per heavy atom. The molecule has 3 aromatic carbocycles. The first-order valence-electron chi connectivity index (χ1n) is 8.10. The Balaban J connectivity index is 1.86. The van der Waals surface area contributed by atoms with E-state index in [-0.39, 0.29) is 16.1 Å². The number of carbonyl (C=O) groups is 1. The molecule has 3 aromatic rings. The van der Waals surface area contributed by atoms with Gasteiger partial charge >= 0.3 is 0 Å². The van der Waals surface area contributed by atoms with Crippen LogP contribution in [0.25, 0.3) is 0 Å². The van der Waals surface area contributed by atoms with Gasteiger partial charge in [0.2, 0.25) is 0 Å². The van der Waals surface area contributed by atoms with Crippen LogP contribution in [-0.4, -0.2) is 14.3 Å². The Bertz CT molecular complexity index is 1060. The molecule has 0 unspecified atom stereocenters. The van der Waals surface area contributed by atoms with Crippen molar-refractivity contribution in [1.82, 2.24) is 0 Å². The van der Waals surface area contributed by atoms with Gasteiger partial charge in [-0.3, -0.25) is 9.52 Å². The first-order valence-corrected chi connectivity index (χ1v) is 9.97. The second kappa shape index (κ2) is 7.82. The van der Waals surface area contributed by atoms with Gasteiger partial charge in [-0.2, -0.15) is 0 Å². The molecule has 3 rings (SSSR count). The standard InChI is InChI=1S/C20H17ClN2O3S/c1-14-6-10-16(11-7-14)22-20(24)18-4-2-3-5-19(18)23-27(25,26)17-12-8-15(21)9-13-17/h2-13,23H,1H3,(H,22,24). The molecule has 0 atom stereocenters. The van der Waals surface area contributed by atoms with E-state index < -0.39 is 15.9 Å². The summed E-state index contributed by atoms with van der Waals surface area (Å²) in [7, 11) is -3.85. The number of aryl methyl sites for hydroxylation is 1. The van der Waals surface area contributed by atoms with Crippen LogP contribution in [0.2, 0.25) is 5.02 Å². The zero-order chi connectivity index (χ0) is 19.4. The lowest BCUT2D eigenvalue weighted by Gasteiger charge is -2.13. The van der Waals surface area contributed by atoms with Gasteiger partial charge in [0.05, 0.1) is 16.1 Å². The lowest BCUT2D eigenvalue weighted by Crippen LogP contribution is -2.18. The second-order valence-corrected chi connectivity index (χ2v) is 8.04. The van der Waals surface area contributed by atoms with Crippen molar-refractivity contribution in [3.8, 4) is 0 Å². The van der Waals surface area contributed by atoms with E-state index in [1.165, 1.54) is 30.3 Å². The summed E-state index contributed by atoms with van der Waals surface area (Å²) >= 11 is 5.81. The Hall–Kier alpha value is -2.83. The molecule has 0 aliphatic heterocycles. The molecule has 0 fully saturated rings. The van der Waals surface area contributed by atoms with Crippen LogP contribution in [-0.2, 0) is 10.0 Å². The molecule has 5 nitrogen and oxygen atoms in total. The third-order valence-electron chi connectivity index (χ3n) is 3.85. The van der Waals surface area contributed by atoms with Gasteiger partial charge in [-0.15, -0.1) is 0 Å². The van der Waals surface area contributed by atoms with E-state index >= 15 is 0 Å². The summed E-state index contributed by atoms with van der Waals surface area (Å²) in [4.78, 5) is 12.7. The lowest BCUT2D eigenvalue weighted by atomic mass is 10.1. The monoisotopic (exact) mass is 400 g/mol. The van der Waals surface area contributed by atoms with Crippen LogP contribution in [0.3, 0.4) is 0 Å². The summed E-state index contributed by atoms with van der Waals surface area (Å²) in [5.74, 6) is -0.409. The highest BCUT2D eigenvalue weighted by Crippen LogP contribution is 2.22. The first-order chi connectivity index (χ1) is 12.8. The van der Waals surface area contributed by atoms with E-state index in [1.807, 2.05) is 19.1 Å². The van der Waals surface area contributed by atoms with Crippen molar-refractivity contribution >= 4 is 38.9 Å². The van der Waals surface area contributed by atoms with Crippen molar-refractivity contribution in [3.63, 3.8) is 0 Å². The van der Waals surface area contributed by atoms with Crippen molar-refractivity contribution in [1.29, 1.82) is 0 Å². The van der Waals surface area contributed by atoms with Gasteiger partial charge in [0, 0.05) is 10.7 Å². The third-order valence-corrected chi connectivity index (χ3v) is 5.48. The highest BCUT2D eigenvalue weighted by atomic mass is 35.5. The number of nitrogens with one attached hydrogen (secondary N) is 2. The molecule has 0 aliphatic carbocycles. The predicted octanol–water partition coefficient (Wildman–Crippen LogP) is 4.70. The Morgan fingerprint density at radius 2 is 1.52 bits per heavy atom. The maximum atomic E-state index is 12.6. The molecule has 0 saturated heterocycles. The summed E-state index contributed by atoms with van der Waals surface area (Å²) in [6, 6.07) is 19.5. The number of para-hydroxylation sites is 1. The second-order valence-electron chi connectivity index (χ2n) is 5.93. The fourth-order valence-corrected chi connectivity index (χ4v) is 3.63. The molecule has 7 heteroatoms. The summed E-state index contributed by atoms with van der Waals surface area (Å²) in [5.41, 5.74) is 2.11. The topological polar surface area (TPSA) is 75.3 Å². The number of carbonyl (C=O) groups excluding carboxylic acids is 1. The fraction of sp³-hybridized carbons (Fsp3) is 0.0500. The van der Waals surface area contributed by atoms with Crippen LogP contribution in [0.5, 0.6) is 0 Å². The normalized spacial score (nSPS) is 11.0. The van der Waals surface area contributed by atoms with E-state index in [9.17, 15) is 13.2 Å². The molecule has 0 spiro atoms. The van der Waals surface area contributed by atoms with Gasteiger partial charge in [0.15, 0.2) is 0 Å². The molecule has 0 bridgehead atoms. The van der Waals surface area contributed by atoms with E-state index in [4.69, 9.17) is 11.6 Å². The molecule has 27 heavy (non-hydrogen) atoms. The Labute approximate surface area is 163 Å². The van der Waals surface area contributed by atoms with Crippen molar-refractivity contribution in [3.05, 3.63) is 88.9 Å².